The average Bonchev–Trinajstić information content (AvgIpc) is 3.36. The zero-order chi connectivity index (χ0) is 24.2. The highest BCUT2D eigenvalue weighted by atomic mass is 32.1. The molecule has 2 aromatic heterocycles. The van der Waals surface area contributed by atoms with Gasteiger partial charge in [-0.25, -0.2) is 4.98 Å². The molecule has 10 heteroatoms. The van der Waals surface area contributed by atoms with Gasteiger partial charge in [0, 0.05) is 40.9 Å². The lowest BCUT2D eigenvalue weighted by atomic mass is 10.0. The Kier molecular flexibility index (Phi) is 6.87. The number of amides is 2. The number of carbonyl (C=O) groups excluding carboxylic acids is 2. The summed E-state index contributed by atoms with van der Waals surface area (Å²) in [7, 11) is 0. The Morgan fingerprint density at radius 3 is 2.59 bits per heavy atom. The van der Waals surface area contributed by atoms with E-state index in [1.54, 1.807) is 12.1 Å². The average molecular weight is 485 g/mol. The summed E-state index contributed by atoms with van der Waals surface area (Å²) in [6.07, 6.45) is 2.14. The van der Waals surface area contributed by atoms with Crippen molar-refractivity contribution in [2.75, 3.05) is 5.32 Å². The van der Waals surface area contributed by atoms with E-state index in [-0.39, 0.29) is 17.6 Å². The van der Waals surface area contributed by atoms with Crippen LogP contribution in [-0.2, 0) is 16.0 Å². The van der Waals surface area contributed by atoms with E-state index < -0.39 is 12.7 Å². The zero-order valence-electron chi connectivity index (χ0n) is 18.4. The molecule has 0 spiro atoms. The summed E-state index contributed by atoms with van der Waals surface area (Å²) in [6.45, 7) is 0.320. The minimum absolute atomic E-state index is 0.0515. The van der Waals surface area contributed by atoms with Crippen LogP contribution in [0.5, 0.6) is 5.75 Å². The number of aromatic nitrogens is 2. The molecular formula is C24H22F2N4O3S. The lowest BCUT2D eigenvalue weighted by Crippen LogP contribution is -2.44. The molecule has 3 N–H and O–H groups in total. The SMILES string of the molecule is CC(=O)NC(Cc1c[nH]c2ccccc12)C(=O)Nc1nc(-c2ccc(OC(F)F)cc2)c(C)s1. The van der Waals surface area contributed by atoms with Gasteiger partial charge in [-0.2, -0.15) is 8.78 Å². The van der Waals surface area contributed by atoms with Crippen LogP contribution in [-0.4, -0.2) is 34.4 Å². The quantitative estimate of drug-likeness (QED) is 0.332. The van der Waals surface area contributed by atoms with Crippen LogP contribution in [0.15, 0.2) is 54.7 Å². The first kappa shape index (κ1) is 23.4. The number of fused-ring (bicyclic) bond motifs is 1. The molecule has 176 valence electrons. The van der Waals surface area contributed by atoms with Gasteiger partial charge in [0.2, 0.25) is 11.8 Å². The van der Waals surface area contributed by atoms with Crippen molar-refractivity contribution in [3.63, 3.8) is 0 Å². The number of halogens is 2. The molecular weight excluding hydrogens is 462 g/mol. The summed E-state index contributed by atoms with van der Waals surface area (Å²) in [5, 5.41) is 6.87. The Bertz CT molecular complexity index is 1320. The smallest absolute Gasteiger partial charge is 0.387 e. The van der Waals surface area contributed by atoms with Crippen LogP contribution in [0, 0.1) is 6.92 Å². The number of H-pyrrole nitrogens is 1. The number of thiazole rings is 1. The topological polar surface area (TPSA) is 96.1 Å². The Morgan fingerprint density at radius 2 is 1.88 bits per heavy atom. The largest absolute Gasteiger partial charge is 0.435 e. The number of anilines is 1. The van der Waals surface area contributed by atoms with E-state index in [4.69, 9.17) is 0 Å². The number of hydrogen-bond donors (Lipinski definition) is 3. The Balaban J connectivity index is 1.51. The minimum atomic E-state index is -2.89. The first-order chi connectivity index (χ1) is 16.3. The van der Waals surface area contributed by atoms with E-state index >= 15 is 0 Å². The van der Waals surface area contributed by atoms with Gasteiger partial charge in [0.15, 0.2) is 5.13 Å². The second-order valence-electron chi connectivity index (χ2n) is 7.63. The molecule has 2 amide bonds. The highest BCUT2D eigenvalue weighted by Crippen LogP contribution is 2.31. The van der Waals surface area contributed by atoms with E-state index in [0.29, 0.717) is 22.8 Å². The van der Waals surface area contributed by atoms with Gasteiger partial charge in [-0.1, -0.05) is 18.2 Å². The summed E-state index contributed by atoms with van der Waals surface area (Å²) >= 11 is 1.29. The van der Waals surface area contributed by atoms with Crippen molar-refractivity contribution < 1.29 is 23.1 Å². The Morgan fingerprint density at radius 1 is 1.15 bits per heavy atom. The summed E-state index contributed by atoms with van der Waals surface area (Å²) in [4.78, 5) is 33.3. The molecule has 4 aromatic rings. The molecule has 34 heavy (non-hydrogen) atoms. The maximum atomic E-state index is 13.1. The van der Waals surface area contributed by atoms with Gasteiger partial charge in [-0.05, 0) is 42.8 Å². The number of carbonyl (C=O) groups is 2. The third-order valence-electron chi connectivity index (χ3n) is 5.17. The predicted octanol–water partition coefficient (Wildman–Crippen LogP) is 4.89. The van der Waals surface area contributed by atoms with Crippen LogP contribution in [0.25, 0.3) is 22.2 Å². The van der Waals surface area contributed by atoms with E-state index in [1.165, 1.54) is 30.4 Å². The van der Waals surface area contributed by atoms with Crippen molar-refractivity contribution in [1.82, 2.24) is 15.3 Å². The highest BCUT2D eigenvalue weighted by Gasteiger charge is 2.23. The molecule has 0 aliphatic carbocycles. The third-order valence-corrected chi connectivity index (χ3v) is 6.06. The van der Waals surface area contributed by atoms with Gasteiger partial charge in [-0.3, -0.25) is 9.59 Å². The van der Waals surface area contributed by atoms with E-state index in [2.05, 4.69) is 25.3 Å². The van der Waals surface area contributed by atoms with Gasteiger partial charge >= 0.3 is 6.61 Å². The molecule has 2 heterocycles. The van der Waals surface area contributed by atoms with Crippen molar-refractivity contribution in [3.05, 3.63) is 65.2 Å². The number of ether oxygens (including phenoxy) is 1. The van der Waals surface area contributed by atoms with Crippen molar-refractivity contribution >= 4 is 39.2 Å². The summed E-state index contributed by atoms with van der Waals surface area (Å²) in [6, 6.07) is 13.1. The number of hydrogen-bond acceptors (Lipinski definition) is 5. The second-order valence-corrected chi connectivity index (χ2v) is 8.84. The van der Waals surface area contributed by atoms with Gasteiger partial charge in [0.05, 0.1) is 5.69 Å². The number of para-hydroxylation sites is 1. The fourth-order valence-electron chi connectivity index (χ4n) is 3.68. The van der Waals surface area contributed by atoms with Crippen LogP contribution in [0.3, 0.4) is 0 Å². The minimum Gasteiger partial charge on any atom is -0.435 e. The fourth-order valence-corrected chi connectivity index (χ4v) is 4.52. The van der Waals surface area contributed by atoms with Gasteiger partial charge in [0.25, 0.3) is 0 Å². The van der Waals surface area contributed by atoms with Crippen LogP contribution in [0.4, 0.5) is 13.9 Å². The Labute approximate surface area is 198 Å². The molecule has 0 bridgehead atoms. The van der Waals surface area contributed by atoms with Crippen LogP contribution < -0.4 is 15.4 Å². The number of aryl methyl sites for hydroxylation is 1. The lowest BCUT2D eigenvalue weighted by Gasteiger charge is -2.16. The van der Waals surface area contributed by atoms with Crippen LogP contribution >= 0.6 is 11.3 Å². The molecule has 0 saturated heterocycles. The second kappa shape index (κ2) is 10.0. The normalized spacial score (nSPS) is 12.0. The van der Waals surface area contributed by atoms with E-state index in [0.717, 1.165) is 21.3 Å². The number of nitrogens with zero attached hydrogens (tertiary/aromatic N) is 1. The molecule has 2 aromatic carbocycles. The summed E-state index contributed by atoms with van der Waals surface area (Å²) < 4.78 is 29.1. The number of benzene rings is 2. The molecule has 1 unspecified atom stereocenters. The molecule has 0 aliphatic rings. The standard InChI is InChI=1S/C24H22F2N4O3S/c1-13-21(15-7-9-17(10-8-15)33-23(25)26)29-24(34-13)30-22(32)20(28-14(2)31)11-16-12-27-19-6-4-3-5-18(16)19/h3-10,12,20,23,27H,11H2,1-2H3,(H,28,31)(H,29,30,32). The van der Waals surface area contributed by atoms with Crippen molar-refractivity contribution in [3.8, 4) is 17.0 Å². The van der Waals surface area contributed by atoms with Crippen molar-refractivity contribution in [2.24, 2.45) is 0 Å². The monoisotopic (exact) mass is 484 g/mol. The van der Waals surface area contributed by atoms with Crippen molar-refractivity contribution in [2.45, 2.75) is 32.9 Å². The van der Waals surface area contributed by atoms with E-state index in [9.17, 15) is 18.4 Å². The number of aromatic amines is 1. The molecule has 0 fully saturated rings. The van der Waals surface area contributed by atoms with Gasteiger partial charge in [-0.15, -0.1) is 11.3 Å². The zero-order valence-corrected chi connectivity index (χ0v) is 19.2. The Hall–Kier alpha value is -3.79. The first-order valence-corrected chi connectivity index (χ1v) is 11.3. The molecule has 4 rings (SSSR count). The molecule has 0 aliphatic heterocycles. The molecule has 0 saturated carbocycles. The molecule has 1 atom stereocenters. The highest BCUT2D eigenvalue weighted by molar-refractivity contribution is 7.16. The predicted molar refractivity (Wildman–Crippen MR) is 127 cm³/mol. The third kappa shape index (κ3) is 5.40. The summed E-state index contributed by atoms with van der Waals surface area (Å²) in [5.41, 5.74) is 3.18. The number of alkyl halides is 2. The fraction of sp³-hybridized carbons (Fsp3) is 0.208. The maximum Gasteiger partial charge on any atom is 0.387 e. The number of nitrogens with one attached hydrogen (secondary N) is 3. The van der Waals surface area contributed by atoms with E-state index in [1.807, 2.05) is 37.4 Å². The van der Waals surface area contributed by atoms with Crippen LogP contribution in [0.2, 0.25) is 0 Å². The molecule has 0 radical (unpaired) electrons. The lowest BCUT2D eigenvalue weighted by molar-refractivity contribution is -0.125. The summed E-state index contributed by atoms with van der Waals surface area (Å²) in [5.74, 6) is -0.654. The van der Waals surface area contributed by atoms with Gasteiger partial charge < -0.3 is 20.4 Å². The molecule has 7 nitrogen and oxygen atoms in total. The van der Waals surface area contributed by atoms with Gasteiger partial charge in [0.1, 0.15) is 11.8 Å². The first-order valence-electron chi connectivity index (χ1n) is 10.5. The van der Waals surface area contributed by atoms with Crippen LogP contribution in [0.1, 0.15) is 17.4 Å². The number of rotatable bonds is 8. The van der Waals surface area contributed by atoms with Crippen molar-refractivity contribution in [1.29, 1.82) is 0 Å². The maximum absolute atomic E-state index is 13.1.